The smallest absolute Gasteiger partial charge is 0.232 e. The Morgan fingerprint density at radius 2 is 1.72 bits per heavy atom. The molecule has 1 amide bonds. The van der Waals surface area contributed by atoms with E-state index in [1.54, 1.807) is 44.4 Å². The number of benzene rings is 2. The summed E-state index contributed by atoms with van der Waals surface area (Å²) in [5, 5.41) is 4.11. The third-order valence-corrected chi connectivity index (χ3v) is 5.32. The molecule has 1 atom stereocenters. The molecule has 3 aromatic rings. The van der Waals surface area contributed by atoms with Crippen molar-refractivity contribution in [3.8, 4) is 34.4 Å². The third kappa shape index (κ3) is 4.05. The van der Waals surface area contributed by atoms with Gasteiger partial charge in [-0.1, -0.05) is 5.16 Å². The molecular formula is C23H25N3O6. The van der Waals surface area contributed by atoms with E-state index in [4.69, 9.17) is 23.5 Å². The van der Waals surface area contributed by atoms with Gasteiger partial charge in [-0.25, -0.2) is 0 Å². The van der Waals surface area contributed by atoms with Crippen molar-refractivity contribution in [2.45, 2.75) is 19.3 Å². The quantitative estimate of drug-likeness (QED) is 0.524. The minimum absolute atomic E-state index is 0.0234. The molecule has 32 heavy (non-hydrogen) atoms. The zero-order valence-corrected chi connectivity index (χ0v) is 18.5. The molecule has 0 radical (unpaired) electrons. The second-order valence-corrected chi connectivity index (χ2v) is 7.20. The van der Waals surface area contributed by atoms with Crippen molar-refractivity contribution < 1.29 is 28.3 Å². The molecule has 1 aliphatic heterocycles. The van der Waals surface area contributed by atoms with Gasteiger partial charge in [0.25, 0.3) is 0 Å². The van der Waals surface area contributed by atoms with Crippen LogP contribution in [0.1, 0.15) is 25.2 Å². The van der Waals surface area contributed by atoms with Gasteiger partial charge < -0.3 is 28.4 Å². The van der Waals surface area contributed by atoms with E-state index >= 15 is 0 Å². The van der Waals surface area contributed by atoms with Gasteiger partial charge in [0.05, 0.1) is 33.9 Å². The lowest BCUT2D eigenvalue weighted by atomic mass is 10.1. The van der Waals surface area contributed by atoms with Crippen LogP contribution in [0.3, 0.4) is 0 Å². The van der Waals surface area contributed by atoms with E-state index in [2.05, 4.69) is 10.1 Å². The lowest BCUT2D eigenvalue weighted by molar-refractivity contribution is -0.117. The number of aromatic nitrogens is 2. The van der Waals surface area contributed by atoms with Gasteiger partial charge in [-0.3, -0.25) is 4.79 Å². The predicted octanol–water partition coefficient (Wildman–Crippen LogP) is 3.68. The minimum Gasteiger partial charge on any atom is -0.493 e. The van der Waals surface area contributed by atoms with E-state index in [9.17, 15) is 4.79 Å². The second kappa shape index (κ2) is 9.17. The van der Waals surface area contributed by atoms with E-state index < -0.39 is 0 Å². The zero-order chi connectivity index (χ0) is 22.7. The van der Waals surface area contributed by atoms with Crippen molar-refractivity contribution in [3.63, 3.8) is 0 Å². The number of amides is 1. The van der Waals surface area contributed by atoms with Gasteiger partial charge >= 0.3 is 0 Å². The van der Waals surface area contributed by atoms with Gasteiger partial charge in [0, 0.05) is 30.3 Å². The average molecular weight is 439 g/mol. The summed E-state index contributed by atoms with van der Waals surface area (Å²) in [6.07, 6.45) is 0.280. The zero-order valence-electron chi connectivity index (χ0n) is 18.5. The van der Waals surface area contributed by atoms with Gasteiger partial charge in [0.1, 0.15) is 0 Å². The van der Waals surface area contributed by atoms with Crippen LogP contribution in [-0.4, -0.2) is 50.5 Å². The van der Waals surface area contributed by atoms with E-state index in [1.807, 2.05) is 25.1 Å². The molecule has 0 bridgehead atoms. The van der Waals surface area contributed by atoms with Gasteiger partial charge in [0.15, 0.2) is 23.0 Å². The number of anilines is 1. The van der Waals surface area contributed by atoms with Gasteiger partial charge in [-0.2, -0.15) is 4.98 Å². The number of methoxy groups -OCH3 is 3. The molecule has 9 heteroatoms. The number of hydrogen-bond acceptors (Lipinski definition) is 8. The first-order valence-corrected chi connectivity index (χ1v) is 10.2. The largest absolute Gasteiger partial charge is 0.493 e. The van der Waals surface area contributed by atoms with Crippen LogP contribution in [0.15, 0.2) is 40.9 Å². The molecule has 1 saturated heterocycles. The summed E-state index contributed by atoms with van der Waals surface area (Å²) < 4.78 is 27.1. The Kier molecular flexibility index (Phi) is 6.16. The summed E-state index contributed by atoms with van der Waals surface area (Å²) in [4.78, 5) is 18.9. The highest BCUT2D eigenvalue weighted by molar-refractivity contribution is 5.96. The number of rotatable bonds is 8. The Labute approximate surface area is 185 Å². The summed E-state index contributed by atoms with van der Waals surface area (Å²) in [5.41, 5.74) is 1.47. The number of carbonyl (C=O) groups excluding carboxylic acids is 1. The predicted molar refractivity (Wildman–Crippen MR) is 117 cm³/mol. The first-order valence-electron chi connectivity index (χ1n) is 10.2. The monoisotopic (exact) mass is 439 g/mol. The standard InChI is InChI=1S/C23H25N3O6/c1-5-31-18-8-6-14(10-19(18)29-3)22-24-23(32-25-22)15-11-21(27)26(13-15)16-7-9-17(28-2)20(12-16)30-4/h6-10,12,15H,5,11,13H2,1-4H3. The molecule has 1 unspecified atom stereocenters. The Balaban J connectivity index is 1.54. The average Bonchev–Trinajstić information content (AvgIpc) is 3.46. The van der Waals surface area contributed by atoms with E-state index in [0.29, 0.717) is 47.9 Å². The maximum absolute atomic E-state index is 12.7. The van der Waals surface area contributed by atoms with Crippen LogP contribution in [0.5, 0.6) is 23.0 Å². The van der Waals surface area contributed by atoms with Gasteiger partial charge in [0.2, 0.25) is 17.6 Å². The maximum Gasteiger partial charge on any atom is 0.232 e. The Morgan fingerprint density at radius 1 is 1.00 bits per heavy atom. The van der Waals surface area contributed by atoms with E-state index in [0.717, 1.165) is 11.3 Å². The topological polar surface area (TPSA) is 96.2 Å². The Bertz CT molecular complexity index is 1110. The van der Waals surface area contributed by atoms with Gasteiger partial charge in [-0.15, -0.1) is 0 Å². The van der Waals surface area contributed by atoms with Crippen molar-refractivity contribution in [1.29, 1.82) is 0 Å². The number of hydrogen-bond donors (Lipinski definition) is 0. The van der Waals surface area contributed by atoms with Crippen LogP contribution >= 0.6 is 0 Å². The van der Waals surface area contributed by atoms with Crippen LogP contribution < -0.4 is 23.8 Å². The summed E-state index contributed by atoms with van der Waals surface area (Å²) in [6.45, 7) is 2.88. The number of carbonyl (C=O) groups is 1. The SMILES string of the molecule is CCOc1ccc(-c2noc(C3CC(=O)N(c4ccc(OC)c(OC)c4)C3)n2)cc1OC. The van der Waals surface area contributed by atoms with Gasteiger partial charge in [-0.05, 0) is 37.3 Å². The molecule has 1 aromatic heterocycles. The maximum atomic E-state index is 12.7. The fraction of sp³-hybridized carbons (Fsp3) is 0.348. The summed E-state index contributed by atoms with van der Waals surface area (Å²) >= 11 is 0. The van der Waals surface area contributed by atoms with Crippen LogP contribution in [0, 0.1) is 0 Å². The third-order valence-electron chi connectivity index (χ3n) is 5.32. The number of nitrogens with zero attached hydrogens (tertiary/aromatic N) is 3. The molecular weight excluding hydrogens is 414 g/mol. The molecule has 0 spiro atoms. The van der Waals surface area contributed by atoms with Crippen LogP contribution in [-0.2, 0) is 4.79 Å². The highest BCUT2D eigenvalue weighted by atomic mass is 16.5. The first-order chi connectivity index (χ1) is 15.6. The fourth-order valence-corrected chi connectivity index (χ4v) is 3.72. The summed E-state index contributed by atoms with van der Waals surface area (Å²) in [7, 11) is 4.71. The molecule has 4 rings (SSSR count). The van der Waals surface area contributed by atoms with Crippen molar-refractivity contribution in [2.75, 3.05) is 39.4 Å². The molecule has 2 heterocycles. The highest BCUT2D eigenvalue weighted by Gasteiger charge is 2.35. The molecule has 0 saturated carbocycles. The molecule has 0 aliphatic carbocycles. The lowest BCUT2D eigenvalue weighted by Gasteiger charge is -2.18. The number of ether oxygens (including phenoxy) is 4. The van der Waals surface area contributed by atoms with E-state index in [1.165, 1.54) is 0 Å². The molecule has 0 N–H and O–H groups in total. The second-order valence-electron chi connectivity index (χ2n) is 7.20. The van der Waals surface area contributed by atoms with Crippen molar-refractivity contribution in [2.24, 2.45) is 0 Å². The fourth-order valence-electron chi connectivity index (χ4n) is 3.72. The first kappa shape index (κ1) is 21.5. The van der Waals surface area contributed by atoms with Crippen LogP contribution in [0.2, 0.25) is 0 Å². The van der Waals surface area contributed by atoms with Crippen LogP contribution in [0.25, 0.3) is 11.4 Å². The highest BCUT2D eigenvalue weighted by Crippen LogP contribution is 2.37. The normalized spacial score (nSPS) is 15.7. The summed E-state index contributed by atoms with van der Waals surface area (Å²) in [6, 6.07) is 10.8. The minimum atomic E-state index is -0.207. The van der Waals surface area contributed by atoms with Crippen molar-refractivity contribution >= 4 is 11.6 Å². The molecule has 1 fully saturated rings. The van der Waals surface area contributed by atoms with Crippen molar-refractivity contribution in [3.05, 3.63) is 42.3 Å². The van der Waals surface area contributed by atoms with Crippen LogP contribution in [0.4, 0.5) is 5.69 Å². The molecule has 9 nitrogen and oxygen atoms in total. The molecule has 1 aliphatic rings. The lowest BCUT2D eigenvalue weighted by Crippen LogP contribution is -2.24. The molecule has 168 valence electrons. The Morgan fingerprint density at radius 3 is 2.44 bits per heavy atom. The van der Waals surface area contributed by atoms with Crippen molar-refractivity contribution in [1.82, 2.24) is 10.1 Å². The summed E-state index contributed by atoms with van der Waals surface area (Å²) in [5.74, 6) is 3.02. The Hall–Kier alpha value is -3.75. The van der Waals surface area contributed by atoms with E-state index in [-0.39, 0.29) is 18.2 Å². The molecule has 2 aromatic carbocycles.